The van der Waals surface area contributed by atoms with Crippen LogP contribution in [0.4, 0.5) is 0 Å². The Balaban J connectivity index is 2.53. The van der Waals surface area contributed by atoms with Gasteiger partial charge in [-0.2, -0.15) is 0 Å². The van der Waals surface area contributed by atoms with Crippen molar-refractivity contribution in [2.24, 2.45) is 0 Å². The van der Waals surface area contributed by atoms with Gasteiger partial charge in [-0.3, -0.25) is 0 Å². The molecule has 0 aliphatic heterocycles. The van der Waals surface area contributed by atoms with E-state index in [1.165, 1.54) is 0 Å². The van der Waals surface area contributed by atoms with Crippen LogP contribution in [0.3, 0.4) is 0 Å². The Bertz CT molecular complexity index is 348. The van der Waals surface area contributed by atoms with Crippen molar-refractivity contribution in [2.75, 3.05) is 14.2 Å². The number of benzene rings is 1. The second kappa shape index (κ2) is 5.98. The van der Waals surface area contributed by atoms with Gasteiger partial charge in [-0.05, 0) is 36.5 Å². The lowest BCUT2D eigenvalue weighted by molar-refractivity contribution is -0.500. The number of hydrogen-bond acceptors (Lipinski definition) is 2. The predicted octanol–water partition coefficient (Wildman–Crippen LogP) is -0.796. The average Bonchev–Trinajstić information content (AvgIpc) is 2.29. The van der Waals surface area contributed by atoms with Gasteiger partial charge in [0, 0.05) is 12.6 Å². The summed E-state index contributed by atoms with van der Waals surface area (Å²) in [6, 6.07) is 7.67. The molecule has 0 aliphatic rings. The van der Waals surface area contributed by atoms with Gasteiger partial charge in [0.2, 0.25) is 5.11 Å². The molecule has 1 rings (SSSR count). The molecule has 0 heterocycles. The molecule has 3 N–H and O–H groups in total. The van der Waals surface area contributed by atoms with Crippen LogP contribution in [0.15, 0.2) is 24.3 Å². The third-order valence-corrected chi connectivity index (χ3v) is 2.07. The van der Waals surface area contributed by atoms with E-state index in [1.807, 2.05) is 30.5 Å². The van der Waals surface area contributed by atoms with E-state index in [-0.39, 0.29) is 0 Å². The van der Waals surface area contributed by atoms with Crippen LogP contribution < -0.4 is 20.6 Å². The van der Waals surface area contributed by atoms with Gasteiger partial charge in [0.25, 0.3) is 0 Å². The van der Waals surface area contributed by atoms with Crippen molar-refractivity contribution in [1.29, 1.82) is 0 Å². The number of thiocarbonyl (C=S) groups is 1. The Kier molecular flexibility index (Phi) is 4.56. The summed E-state index contributed by atoms with van der Waals surface area (Å²) in [5, 5.41) is 6.20. The Morgan fingerprint density at radius 1 is 1.40 bits per heavy atom. The lowest BCUT2D eigenvalue weighted by atomic mass is 10.2. The molecule has 1 aromatic rings. The zero-order chi connectivity index (χ0) is 11.1. The first kappa shape index (κ1) is 11.5. The molecule has 0 atom stereocenters. The monoisotopic (exact) mass is 224 g/mol. The summed E-state index contributed by atoms with van der Waals surface area (Å²) < 4.78 is 5.05. The number of methoxy groups -OCH3 is 1. The summed E-state index contributed by atoms with van der Waals surface area (Å²) in [6.45, 7) is 0. The van der Waals surface area contributed by atoms with Gasteiger partial charge in [-0.1, -0.05) is 0 Å². The maximum atomic E-state index is 5.05. The Morgan fingerprint density at radius 2 is 2.07 bits per heavy atom. The van der Waals surface area contributed by atoms with Gasteiger partial charge < -0.3 is 10.1 Å². The smallest absolute Gasteiger partial charge is 0.223 e. The van der Waals surface area contributed by atoms with Crippen molar-refractivity contribution >= 4 is 23.5 Å². The maximum absolute atomic E-state index is 5.05. The largest absolute Gasteiger partial charge is 0.497 e. The molecule has 1 aromatic carbocycles. The molecule has 0 saturated heterocycles. The van der Waals surface area contributed by atoms with Gasteiger partial charge in [0.1, 0.15) is 5.75 Å². The van der Waals surface area contributed by atoms with Crippen LogP contribution in [0, 0.1) is 0 Å². The van der Waals surface area contributed by atoms with Crippen LogP contribution >= 0.6 is 12.2 Å². The molecule has 15 heavy (non-hydrogen) atoms. The Morgan fingerprint density at radius 3 is 2.60 bits per heavy atom. The quantitative estimate of drug-likeness (QED) is 0.357. The maximum Gasteiger partial charge on any atom is 0.223 e. The van der Waals surface area contributed by atoms with E-state index in [1.54, 1.807) is 14.2 Å². The third kappa shape index (κ3) is 3.95. The SMILES string of the molecule is CNC(=S)N[NH+]=Cc1ccc(OC)cc1. The van der Waals surface area contributed by atoms with E-state index in [0.717, 1.165) is 11.3 Å². The van der Waals surface area contributed by atoms with Crippen molar-refractivity contribution in [3.63, 3.8) is 0 Å². The van der Waals surface area contributed by atoms with Crippen LogP contribution in [-0.4, -0.2) is 25.5 Å². The Hall–Kier alpha value is -1.62. The lowest BCUT2D eigenvalue weighted by Crippen LogP contribution is -2.82. The summed E-state index contributed by atoms with van der Waals surface area (Å²) in [7, 11) is 3.40. The van der Waals surface area contributed by atoms with Gasteiger partial charge in [0.15, 0.2) is 6.21 Å². The number of hydrazone groups is 1. The fourth-order valence-corrected chi connectivity index (χ4v) is 1.01. The molecule has 0 aromatic heterocycles. The van der Waals surface area contributed by atoms with E-state index in [0.29, 0.717) is 5.11 Å². The van der Waals surface area contributed by atoms with Crippen molar-refractivity contribution in [1.82, 2.24) is 10.7 Å². The third-order valence-electron chi connectivity index (χ3n) is 1.77. The van der Waals surface area contributed by atoms with Crippen molar-refractivity contribution in [3.8, 4) is 5.75 Å². The summed E-state index contributed by atoms with van der Waals surface area (Å²) in [5.74, 6) is 0.839. The molecular weight excluding hydrogens is 210 g/mol. The normalized spacial score (nSPS) is 10.0. The Labute approximate surface area is 94.3 Å². The number of nitrogens with one attached hydrogen (secondary N) is 3. The first-order chi connectivity index (χ1) is 7.26. The van der Waals surface area contributed by atoms with Crippen LogP contribution in [0.5, 0.6) is 5.75 Å². The molecular formula is C10H14N3OS+. The van der Waals surface area contributed by atoms with E-state index in [2.05, 4.69) is 15.8 Å². The highest BCUT2D eigenvalue weighted by Gasteiger charge is 1.94. The minimum absolute atomic E-state index is 0.541. The fraction of sp³-hybridized carbons (Fsp3) is 0.200. The number of hydrazine groups is 1. The number of ether oxygens (including phenoxy) is 1. The van der Waals surface area contributed by atoms with Gasteiger partial charge in [0.05, 0.1) is 7.11 Å². The molecule has 0 saturated carbocycles. The summed E-state index contributed by atoms with van der Waals surface area (Å²) in [6.07, 6.45) is 1.81. The second-order valence-electron chi connectivity index (χ2n) is 2.77. The highest BCUT2D eigenvalue weighted by atomic mass is 32.1. The second-order valence-corrected chi connectivity index (χ2v) is 3.17. The average molecular weight is 224 g/mol. The molecule has 0 aliphatic carbocycles. The molecule has 0 spiro atoms. The molecule has 0 amide bonds. The fourth-order valence-electron chi connectivity index (χ4n) is 0.948. The minimum atomic E-state index is 0.541. The van der Waals surface area contributed by atoms with Crippen molar-refractivity contribution < 1.29 is 9.84 Å². The van der Waals surface area contributed by atoms with E-state index in [9.17, 15) is 0 Å². The van der Waals surface area contributed by atoms with E-state index < -0.39 is 0 Å². The summed E-state index contributed by atoms with van der Waals surface area (Å²) >= 11 is 4.89. The van der Waals surface area contributed by atoms with Crippen LogP contribution in [0.2, 0.25) is 0 Å². The number of rotatable bonds is 3. The first-order valence-electron chi connectivity index (χ1n) is 4.47. The molecule has 0 unspecified atom stereocenters. The van der Waals surface area contributed by atoms with Crippen LogP contribution in [0.25, 0.3) is 0 Å². The van der Waals surface area contributed by atoms with E-state index in [4.69, 9.17) is 17.0 Å². The first-order valence-corrected chi connectivity index (χ1v) is 4.87. The van der Waals surface area contributed by atoms with Crippen LogP contribution in [-0.2, 0) is 0 Å². The highest BCUT2D eigenvalue weighted by molar-refractivity contribution is 7.80. The van der Waals surface area contributed by atoms with Crippen LogP contribution in [0.1, 0.15) is 5.56 Å². The minimum Gasteiger partial charge on any atom is -0.497 e. The predicted molar refractivity (Wildman–Crippen MR) is 63.9 cm³/mol. The standard InChI is InChI=1S/C10H13N3OS/c1-11-10(15)13-12-7-8-3-5-9(14-2)6-4-8/h3-7H,1-2H3,(H2,11,13,15)/p+1. The van der Waals surface area contributed by atoms with Gasteiger partial charge in [-0.15, -0.1) is 10.5 Å². The van der Waals surface area contributed by atoms with Crippen molar-refractivity contribution in [3.05, 3.63) is 29.8 Å². The highest BCUT2D eigenvalue weighted by Crippen LogP contribution is 2.08. The summed E-state index contributed by atoms with van der Waals surface area (Å²) in [5.41, 5.74) is 3.82. The molecule has 80 valence electrons. The van der Waals surface area contributed by atoms with Crippen molar-refractivity contribution in [2.45, 2.75) is 0 Å². The topological polar surface area (TPSA) is 47.3 Å². The molecule has 0 bridgehead atoms. The van der Waals surface area contributed by atoms with Gasteiger partial charge >= 0.3 is 0 Å². The molecule has 5 heteroatoms. The zero-order valence-electron chi connectivity index (χ0n) is 8.70. The zero-order valence-corrected chi connectivity index (χ0v) is 9.52. The lowest BCUT2D eigenvalue weighted by Gasteiger charge is -1.97. The van der Waals surface area contributed by atoms with E-state index >= 15 is 0 Å². The number of hydrogen-bond donors (Lipinski definition) is 3. The summed E-state index contributed by atoms with van der Waals surface area (Å²) in [4.78, 5) is 0. The van der Waals surface area contributed by atoms with Gasteiger partial charge in [-0.25, -0.2) is 0 Å². The molecule has 0 fully saturated rings. The molecule has 4 nitrogen and oxygen atoms in total. The molecule has 0 radical (unpaired) electrons.